The maximum atomic E-state index is 6.31. The number of halogens is 1. The summed E-state index contributed by atoms with van der Waals surface area (Å²) in [5.41, 5.74) is 1.92. The van der Waals surface area contributed by atoms with Crippen LogP contribution in [0.1, 0.15) is 18.4 Å². The summed E-state index contributed by atoms with van der Waals surface area (Å²) in [5.74, 6) is 0.719. The second-order valence-electron chi connectivity index (χ2n) is 5.81. The van der Waals surface area contributed by atoms with Crippen LogP contribution in [0.15, 0.2) is 34.7 Å². The molecule has 0 bridgehead atoms. The molecule has 0 spiro atoms. The van der Waals surface area contributed by atoms with Crippen LogP contribution in [-0.2, 0) is 10.5 Å². The summed E-state index contributed by atoms with van der Waals surface area (Å²) in [7, 11) is 0. The molecule has 1 saturated heterocycles. The minimum Gasteiger partial charge on any atom is -0.376 e. The van der Waals surface area contributed by atoms with Gasteiger partial charge in [-0.15, -0.1) is 10.2 Å². The molecular formula is C17H17ClN4OS2. The maximum absolute atomic E-state index is 6.31. The highest BCUT2D eigenvalue weighted by atomic mass is 35.5. The van der Waals surface area contributed by atoms with Gasteiger partial charge in [-0.25, -0.2) is 4.98 Å². The zero-order valence-corrected chi connectivity index (χ0v) is 15.8. The highest BCUT2D eigenvalue weighted by Crippen LogP contribution is 2.31. The van der Waals surface area contributed by atoms with E-state index in [2.05, 4.69) is 26.6 Å². The second-order valence-corrected chi connectivity index (χ2v) is 8.37. The van der Waals surface area contributed by atoms with Crippen molar-refractivity contribution in [1.82, 2.24) is 15.2 Å². The molecule has 1 atom stereocenters. The number of nitrogens with one attached hydrogen (secondary N) is 1. The summed E-state index contributed by atoms with van der Waals surface area (Å²) in [5, 5.41) is 14.2. The minimum absolute atomic E-state index is 0.294. The fourth-order valence-electron chi connectivity index (χ4n) is 2.72. The Morgan fingerprint density at radius 3 is 3.12 bits per heavy atom. The first-order valence-electron chi connectivity index (χ1n) is 8.14. The fourth-order valence-corrected chi connectivity index (χ4v) is 4.75. The third-order valence-corrected chi connectivity index (χ3v) is 6.40. The quantitative estimate of drug-likeness (QED) is 0.487. The molecular weight excluding hydrogens is 376 g/mol. The number of pyridine rings is 1. The lowest BCUT2D eigenvalue weighted by molar-refractivity contribution is 0.120. The lowest BCUT2D eigenvalue weighted by Gasteiger charge is -2.08. The molecule has 1 aliphatic heterocycles. The van der Waals surface area contributed by atoms with Gasteiger partial charge in [0.05, 0.1) is 11.6 Å². The number of rotatable bonds is 6. The number of anilines is 1. The third kappa shape index (κ3) is 4.23. The SMILES string of the molecule is Clc1nc2ccccc2cc1CSc1nnc(NCC2CCCO2)s1. The largest absolute Gasteiger partial charge is 0.376 e. The Labute approximate surface area is 159 Å². The van der Waals surface area contributed by atoms with Crippen molar-refractivity contribution in [2.75, 3.05) is 18.5 Å². The molecule has 1 aromatic carbocycles. The van der Waals surface area contributed by atoms with Crippen molar-refractivity contribution < 1.29 is 4.74 Å². The van der Waals surface area contributed by atoms with E-state index >= 15 is 0 Å². The number of aromatic nitrogens is 3. The molecule has 0 saturated carbocycles. The lowest BCUT2D eigenvalue weighted by Crippen LogP contribution is -2.18. The summed E-state index contributed by atoms with van der Waals surface area (Å²) >= 11 is 9.49. The molecule has 25 heavy (non-hydrogen) atoms. The van der Waals surface area contributed by atoms with E-state index in [1.807, 2.05) is 24.3 Å². The highest BCUT2D eigenvalue weighted by Gasteiger charge is 2.16. The first kappa shape index (κ1) is 17.0. The Kier molecular flexibility index (Phi) is 5.36. The van der Waals surface area contributed by atoms with Gasteiger partial charge in [0, 0.05) is 29.9 Å². The number of ether oxygens (including phenoxy) is 1. The number of nitrogens with zero attached hydrogens (tertiary/aromatic N) is 3. The van der Waals surface area contributed by atoms with E-state index in [0.717, 1.165) is 57.7 Å². The van der Waals surface area contributed by atoms with Crippen LogP contribution < -0.4 is 5.32 Å². The van der Waals surface area contributed by atoms with Gasteiger partial charge in [0.2, 0.25) is 5.13 Å². The summed E-state index contributed by atoms with van der Waals surface area (Å²) in [4.78, 5) is 4.46. The molecule has 2 aromatic heterocycles. The van der Waals surface area contributed by atoms with E-state index in [0.29, 0.717) is 11.3 Å². The van der Waals surface area contributed by atoms with Crippen molar-refractivity contribution in [3.8, 4) is 0 Å². The molecule has 1 unspecified atom stereocenters. The number of hydrogen-bond acceptors (Lipinski definition) is 7. The average Bonchev–Trinajstić information content (AvgIpc) is 3.30. The van der Waals surface area contributed by atoms with Crippen molar-refractivity contribution in [1.29, 1.82) is 0 Å². The van der Waals surface area contributed by atoms with E-state index in [1.54, 1.807) is 23.1 Å². The van der Waals surface area contributed by atoms with Crippen molar-refractivity contribution in [3.63, 3.8) is 0 Å². The van der Waals surface area contributed by atoms with Gasteiger partial charge >= 0.3 is 0 Å². The molecule has 0 amide bonds. The molecule has 1 N–H and O–H groups in total. The Bertz CT molecular complexity index is 867. The normalized spacial score (nSPS) is 17.2. The minimum atomic E-state index is 0.294. The monoisotopic (exact) mass is 392 g/mol. The molecule has 3 aromatic rings. The summed E-state index contributed by atoms with van der Waals surface area (Å²) in [6.45, 7) is 1.66. The standard InChI is InChI=1S/C17H17ClN4OS2/c18-15-12(8-11-4-1-2-6-14(11)20-15)10-24-17-22-21-16(25-17)19-9-13-5-3-7-23-13/h1-2,4,6,8,13H,3,5,7,9-10H2,(H,19,21). The van der Waals surface area contributed by atoms with Gasteiger partial charge in [0.25, 0.3) is 0 Å². The number of hydrogen-bond donors (Lipinski definition) is 1. The van der Waals surface area contributed by atoms with Crippen LogP contribution in [0, 0.1) is 0 Å². The van der Waals surface area contributed by atoms with Gasteiger partial charge in [-0.05, 0) is 25.0 Å². The molecule has 5 nitrogen and oxygen atoms in total. The molecule has 1 aliphatic rings. The Balaban J connectivity index is 1.37. The summed E-state index contributed by atoms with van der Waals surface area (Å²) in [6.07, 6.45) is 2.55. The number of fused-ring (bicyclic) bond motifs is 1. The predicted octanol–water partition coefficient (Wildman–Crippen LogP) is 4.62. The molecule has 4 rings (SSSR count). The molecule has 3 heterocycles. The van der Waals surface area contributed by atoms with Crippen molar-refractivity contribution in [3.05, 3.63) is 41.0 Å². The van der Waals surface area contributed by atoms with Gasteiger partial charge in [0.1, 0.15) is 5.15 Å². The predicted molar refractivity (Wildman–Crippen MR) is 104 cm³/mol. The summed E-state index contributed by atoms with van der Waals surface area (Å²) < 4.78 is 6.52. The average molecular weight is 393 g/mol. The number of para-hydroxylation sites is 1. The molecule has 1 fully saturated rings. The van der Waals surface area contributed by atoms with Crippen molar-refractivity contribution in [2.45, 2.75) is 29.0 Å². The van der Waals surface area contributed by atoms with E-state index in [4.69, 9.17) is 16.3 Å². The first-order valence-corrected chi connectivity index (χ1v) is 10.3. The first-order chi connectivity index (χ1) is 12.3. The maximum Gasteiger partial charge on any atom is 0.206 e. The Hall–Kier alpha value is -1.41. The van der Waals surface area contributed by atoms with Gasteiger partial charge in [-0.3, -0.25) is 0 Å². The van der Waals surface area contributed by atoms with E-state index in [9.17, 15) is 0 Å². The topological polar surface area (TPSA) is 59.9 Å². The fraction of sp³-hybridized carbons (Fsp3) is 0.353. The zero-order valence-electron chi connectivity index (χ0n) is 13.4. The van der Waals surface area contributed by atoms with Crippen LogP contribution in [0.25, 0.3) is 10.9 Å². The highest BCUT2D eigenvalue weighted by molar-refractivity contribution is 8.00. The van der Waals surface area contributed by atoms with Crippen molar-refractivity contribution in [2.24, 2.45) is 0 Å². The van der Waals surface area contributed by atoms with E-state index in [-0.39, 0.29) is 0 Å². The molecule has 8 heteroatoms. The Morgan fingerprint density at radius 2 is 2.24 bits per heavy atom. The van der Waals surface area contributed by atoms with Crippen molar-refractivity contribution >= 4 is 50.7 Å². The van der Waals surface area contributed by atoms with Crippen LogP contribution in [0.5, 0.6) is 0 Å². The number of thioether (sulfide) groups is 1. The Morgan fingerprint density at radius 1 is 1.32 bits per heavy atom. The molecule has 0 aliphatic carbocycles. The third-order valence-electron chi connectivity index (χ3n) is 4.01. The van der Waals surface area contributed by atoms with Crippen LogP contribution in [-0.4, -0.2) is 34.4 Å². The van der Waals surface area contributed by atoms with Gasteiger partial charge in [-0.1, -0.05) is 52.9 Å². The van der Waals surface area contributed by atoms with E-state index in [1.165, 1.54) is 0 Å². The van der Waals surface area contributed by atoms with Gasteiger partial charge < -0.3 is 10.1 Å². The molecule has 0 radical (unpaired) electrons. The van der Waals surface area contributed by atoms with Gasteiger partial charge in [-0.2, -0.15) is 0 Å². The van der Waals surface area contributed by atoms with Crippen LogP contribution in [0.2, 0.25) is 5.15 Å². The zero-order chi connectivity index (χ0) is 17.1. The lowest BCUT2D eigenvalue weighted by atomic mass is 10.2. The van der Waals surface area contributed by atoms with Crippen LogP contribution in [0.3, 0.4) is 0 Å². The van der Waals surface area contributed by atoms with Crippen LogP contribution >= 0.6 is 34.7 Å². The summed E-state index contributed by atoms with van der Waals surface area (Å²) in [6, 6.07) is 10.1. The van der Waals surface area contributed by atoms with E-state index < -0.39 is 0 Å². The van der Waals surface area contributed by atoms with Crippen LogP contribution in [0.4, 0.5) is 5.13 Å². The second kappa shape index (κ2) is 7.86. The smallest absolute Gasteiger partial charge is 0.206 e. The number of benzene rings is 1. The molecule has 130 valence electrons. The van der Waals surface area contributed by atoms with Gasteiger partial charge in [0.15, 0.2) is 4.34 Å².